The number of nitro groups is 1. The van der Waals surface area contributed by atoms with Crippen molar-refractivity contribution in [2.24, 2.45) is 5.92 Å². The molecule has 1 fully saturated rings. The maximum atomic E-state index is 10.8. The third kappa shape index (κ3) is 4.17. The molecule has 0 unspecified atom stereocenters. The highest BCUT2D eigenvalue weighted by atomic mass is 16.6. The Morgan fingerprint density at radius 1 is 1.58 bits per heavy atom. The molecule has 6 heteroatoms. The lowest BCUT2D eigenvalue weighted by atomic mass is 9.95. The Kier molecular flexibility index (Phi) is 5.09. The fourth-order valence-electron chi connectivity index (χ4n) is 2.34. The second kappa shape index (κ2) is 7.04. The summed E-state index contributed by atoms with van der Waals surface area (Å²) in [6.45, 7) is 2.67. The molecule has 0 spiro atoms. The van der Waals surface area contributed by atoms with E-state index in [1.54, 1.807) is 6.07 Å². The molecule has 0 radical (unpaired) electrons. The summed E-state index contributed by atoms with van der Waals surface area (Å²) in [6, 6.07) is 2.95. The van der Waals surface area contributed by atoms with Crippen LogP contribution in [0.2, 0.25) is 0 Å². The van der Waals surface area contributed by atoms with Crippen LogP contribution in [0.1, 0.15) is 25.7 Å². The Labute approximate surface area is 112 Å². The standard InChI is InChI=1S/C13H19N3O3/c17-16(18)12-6-2-8-15-13(12)19-9-3-5-11-4-1-7-14-10-11/h2,6,8,11,14H,1,3-5,7,9-10H2/t11-/m0/s1. The minimum absolute atomic E-state index is 0.0677. The first-order chi connectivity index (χ1) is 9.27. The molecule has 2 heterocycles. The zero-order valence-electron chi connectivity index (χ0n) is 10.9. The number of nitrogens with zero attached hydrogens (tertiary/aromatic N) is 2. The van der Waals surface area contributed by atoms with Gasteiger partial charge in [0.05, 0.1) is 11.5 Å². The van der Waals surface area contributed by atoms with Crippen molar-refractivity contribution in [1.82, 2.24) is 10.3 Å². The van der Waals surface area contributed by atoms with E-state index in [4.69, 9.17) is 4.74 Å². The number of hydrogen-bond donors (Lipinski definition) is 1. The first-order valence-corrected chi connectivity index (χ1v) is 6.70. The molecule has 19 heavy (non-hydrogen) atoms. The lowest BCUT2D eigenvalue weighted by Gasteiger charge is -2.22. The van der Waals surface area contributed by atoms with Gasteiger partial charge in [-0.1, -0.05) is 0 Å². The van der Waals surface area contributed by atoms with E-state index in [2.05, 4.69) is 10.3 Å². The van der Waals surface area contributed by atoms with Crippen molar-refractivity contribution in [2.75, 3.05) is 19.7 Å². The molecule has 0 bridgehead atoms. The van der Waals surface area contributed by atoms with Crippen molar-refractivity contribution in [3.05, 3.63) is 28.4 Å². The molecule has 0 aromatic carbocycles. The van der Waals surface area contributed by atoms with Gasteiger partial charge in [0.25, 0.3) is 5.88 Å². The van der Waals surface area contributed by atoms with E-state index in [1.165, 1.54) is 25.1 Å². The van der Waals surface area contributed by atoms with Crippen molar-refractivity contribution >= 4 is 5.69 Å². The lowest BCUT2D eigenvalue weighted by Crippen LogP contribution is -2.29. The number of aromatic nitrogens is 1. The molecule has 1 atom stereocenters. The molecule has 1 aliphatic rings. The highest BCUT2D eigenvalue weighted by molar-refractivity contribution is 5.39. The average molecular weight is 265 g/mol. The predicted octanol–water partition coefficient (Wildman–Crippen LogP) is 2.15. The molecular formula is C13H19N3O3. The Balaban J connectivity index is 1.74. The lowest BCUT2D eigenvalue weighted by molar-refractivity contribution is -0.386. The fourth-order valence-corrected chi connectivity index (χ4v) is 2.34. The average Bonchev–Trinajstić information content (AvgIpc) is 2.45. The van der Waals surface area contributed by atoms with Crippen LogP contribution in [0.3, 0.4) is 0 Å². The third-order valence-electron chi connectivity index (χ3n) is 3.34. The van der Waals surface area contributed by atoms with Gasteiger partial charge in [0.15, 0.2) is 0 Å². The van der Waals surface area contributed by atoms with Crippen LogP contribution in [-0.2, 0) is 0 Å². The summed E-state index contributed by atoms with van der Waals surface area (Å²) < 4.78 is 5.42. The van der Waals surface area contributed by atoms with Crippen molar-refractivity contribution in [1.29, 1.82) is 0 Å². The minimum Gasteiger partial charge on any atom is -0.473 e. The number of hydrogen-bond acceptors (Lipinski definition) is 5. The second-order valence-corrected chi connectivity index (χ2v) is 4.79. The van der Waals surface area contributed by atoms with E-state index in [-0.39, 0.29) is 11.6 Å². The molecule has 0 saturated carbocycles. The molecule has 1 N–H and O–H groups in total. The van der Waals surface area contributed by atoms with E-state index in [9.17, 15) is 10.1 Å². The van der Waals surface area contributed by atoms with Gasteiger partial charge in [-0.25, -0.2) is 4.98 Å². The summed E-state index contributed by atoms with van der Waals surface area (Å²) in [6.07, 6.45) is 6.00. The highest BCUT2D eigenvalue weighted by Gasteiger charge is 2.16. The van der Waals surface area contributed by atoms with E-state index < -0.39 is 4.92 Å². The molecule has 0 amide bonds. The number of ether oxygens (including phenoxy) is 1. The number of nitrogens with one attached hydrogen (secondary N) is 1. The van der Waals surface area contributed by atoms with Crippen LogP contribution < -0.4 is 10.1 Å². The van der Waals surface area contributed by atoms with Crippen LogP contribution in [0.4, 0.5) is 5.69 Å². The van der Waals surface area contributed by atoms with Gasteiger partial charge in [0.1, 0.15) is 0 Å². The predicted molar refractivity (Wildman–Crippen MR) is 71.2 cm³/mol. The Morgan fingerprint density at radius 3 is 3.21 bits per heavy atom. The zero-order chi connectivity index (χ0) is 13.5. The summed E-state index contributed by atoms with van der Waals surface area (Å²) in [5, 5.41) is 14.2. The van der Waals surface area contributed by atoms with Crippen LogP contribution >= 0.6 is 0 Å². The summed E-state index contributed by atoms with van der Waals surface area (Å²) in [7, 11) is 0. The maximum Gasteiger partial charge on any atom is 0.330 e. The molecule has 6 nitrogen and oxygen atoms in total. The van der Waals surface area contributed by atoms with E-state index in [1.807, 2.05) is 0 Å². The number of pyridine rings is 1. The minimum atomic E-state index is -0.465. The van der Waals surface area contributed by atoms with Gasteiger partial charge in [-0.2, -0.15) is 0 Å². The third-order valence-corrected chi connectivity index (χ3v) is 3.34. The van der Waals surface area contributed by atoms with Crippen LogP contribution in [0.15, 0.2) is 18.3 Å². The van der Waals surface area contributed by atoms with Crippen molar-refractivity contribution < 1.29 is 9.66 Å². The molecule has 1 saturated heterocycles. The molecule has 2 rings (SSSR count). The fraction of sp³-hybridized carbons (Fsp3) is 0.615. The van der Waals surface area contributed by atoms with Gasteiger partial charge in [-0.3, -0.25) is 10.1 Å². The van der Waals surface area contributed by atoms with Crippen LogP contribution in [-0.4, -0.2) is 29.6 Å². The molecule has 0 aliphatic carbocycles. The van der Waals surface area contributed by atoms with Gasteiger partial charge in [0, 0.05) is 12.3 Å². The Hall–Kier alpha value is -1.69. The molecule has 1 aromatic heterocycles. The molecular weight excluding hydrogens is 246 g/mol. The van der Waals surface area contributed by atoms with E-state index in [0.717, 1.165) is 25.9 Å². The van der Waals surface area contributed by atoms with Crippen LogP contribution in [0.25, 0.3) is 0 Å². The van der Waals surface area contributed by atoms with E-state index in [0.29, 0.717) is 12.5 Å². The van der Waals surface area contributed by atoms with Crippen molar-refractivity contribution in [3.8, 4) is 5.88 Å². The van der Waals surface area contributed by atoms with Crippen molar-refractivity contribution in [3.63, 3.8) is 0 Å². The van der Waals surface area contributed by atoms with E-state index >= 15 is 0 Å². The quantitative estimate of drug-likeness (QED) is 0.484. The Bertz CT molecular complexity index is 419. The second-order valence-electron chi connectivity index (χ2n) is 4.79. The number of rotatable bonds is 6. The first-order valence-electron chi connectivity index (χ1n) is 6.70. The van der Waals surface area contributed by atoms with Crippen LogP contribution in [0.5, 0.6) is 5.88 Å². The van der Waals surface area contributed by atoms with Gasteiger partial charge in [-0.05, 0) is 50.8 Å². The largest absolute Gasteiger partial charge is 0.473 e. The van der Waals surface area contributed by atoms with Gasteiger partial charge in [0.2, 0.25) is 0 Å². The monoisotopic (exact) mass is 265 g/mol. The SMILES string of the molecule is O=[N+]([O-])c1cccnc1OCCC[C@@H]1CCCNC1. The normalized spacial score (nSPS) is 19.1. The molecule has 104 valence electrons. The van der Waals surface area contributed by atoms with Gasteiger partial charge >= 0.3 is 5.69 Å². The topological polar surface area (TPSA) is 77.3 Å². The molecule has 1 aromatic rings. The van der Waals surface area contributed by atoms with Gasteiger partial charge < -0.3 is 10.1 Å². The summed E-state index contributed by atoms with van der Waals surface area (Å²) in [5.74, 6) is 0.824. The summed E-state index contributed by atoms with van der Waals surface area (Å²) in [5.41, 5.74) is -0.0677. The zero-order valence-corrected chi connectivity index (χ0v) is 10.9. The number of piperidine rings is 1. The Morgan fingerprint density at radius 2 is 2.47 bits per heavy atom. The first kappa shape index (κ1) is 13.7. The molecule has 1 aliphatic heterocycles. The van der Waals surface area contributed by atoms with Crippen molar-refractivity contribution in [2.45, 2.75) is 25.7 Å². The summed E-state index contributed by atoms with van der Waals surface area (Å²) >= 11 is 0. The summed E-state index contributed by atoms with van der Waals surface area (Å²) in [4.78, 5) is 14.2. The van der Waals surface area contributed by atoms with Gasteiger partial charge in [-0.15, -0.1) is 0 Å². The highest BCUT2D eigenvalue weighted by Crippen LogP contribution is 2.23. The maximum absolute atomic E-state index is 10.8. The smallest absolute Gasteiger partial charge is 0.330 e. The van der Waals surface area contributed by atoms with Crippen LogP contribution in [0, 0.1) is 16.0 Å².